The third kappa shape index (κ3) is 12.0. The van der Waals surface area contributed by atoms with Crippen LogP contribution in [-0.2, 0) is 0 Å². The highest BCUT2D eigenvalue weighted by Gasteiger charge is 2.20. The van der Waals surface area contributed by atoms with Gasteiger partial charge in [-0.15, -0.1) is 0 Å². The summed E-state index contributed by atoms with van der Waals surface area (Å²) < 4.78 is 0. The molecule has 0 saturated carbocycles. The highest BCUT2D eigenvalue weighted by atomic mass is 28.3. The van der Waals surface area contributed by atoms with Gasteiger partial charge in [0, 0.05) is 8.07 Å². The van der Waals surface area contributed by atoms with E-state index < -0.39 is 8.07 Å². The van der Waals surface area contributed by atoms with Gasteiger partial charge in [-0.2, -0.15) is 0 Å². The van der Waals surface area contributed by atoms with Crippen molar-refractivity contribution in [1.82, 2.24) is 0 Å². The summed E-state index contributed by atoms with van der Waals surface area (Å²) >= 11 is 0. The number of hydrogen-bond donors (Lipinski definition) is 0. The lowest BCUT2D eigenvalue weighted by molar-refractivity contribution is 0.593. The van der Waals surface area contributed by atoms with Gasteiger partial charge in [0.2, 0.25) is 0 Å². The highest BCUT2D eigenvalue weighted by molar-refractivity contribution is 6.78. The van der Waals surface area contributed by atoms with E-state index in [0.29, 0.717) is 0 Å². The quantitative estimate of drug-likeness (QED) is 0.215. The second-order valence-electron chi connectivity index (χ2n) is 6.96. The molecule has 0 spiro atoms. The first-order chi connectivity index (χ1) is 9.68. The molecule has 0 aliphatic heterocycles. The third-order valence-electron chi connectivity index (χ3n) is 5.16. The summed E-state index contributed by atoms with van der Waals surface area (Å²) in [5.41, 5.74) is 0. The molecule has 0 aliphatic carbocycles. The minimum absolute atomic E-state index is 0.800. The zero-order chi connectivity index (χ0) is 15.1. The number of rotatable bonds is 15. The van der Waals surface area contributed by atoms with Gasteiger partial charge in [-0.3, -0.25) is 0 Å². The molecule has 0 aliphatic rings. The van der Waals surface area contributed by atoms with Crippen molar-refractivity contribution in [2.24, 2.45) is 0 Å². The Morgan fingerprint density at radius 1 is 0.650 bits per heavy atom. The molecule has 1 heteroatoms. The van der Waals surface area contributed by atoms with E-state index in [0.717, 1.165) is 0 Å². The normalized spacial score (nSPS) is 12.0. The summed E-state index contributed by atoms with van der Waals surface area (Å²) in [6.45, 7) is 9.70. The fourth-order valence-electron chi connectivity index (χ4n) is 2.83. The van der Waals surface area contributed by atoms with Crippen molar-refractivity contribution in [3.05, 3.63) is 6.42 Å². The lowest BCUT2D eigenvalue weighted by Crippen LogP contribution is -2.26. The lowest BCUT2D eigenvalue weighted by Gasteiger charge is -2.23. The van der Waals surface area contributed by atoms with E-state index >= 15 is 0 Å². The van der Waals surface area contributed by atoms with E-state index in [9.17, 15) is 0 Å². The molecule has 0 nitrogen and oxygen atoms in total. The van der Waals surface area contributed by atoms with Crippen LogP contribution in [0, 0.1) is 6.42 Å². The van der Waals surface area contributed by atoms with Crippen LogP contribution in [0.15, 0.2) is 0 Å². The van der Waals surface area contributed by atoms with E-state index in [1.54, 1.807) is 6.04 Å². The number of hydrogen-bond acceptors (Lipinski definition) is 0. The zero-order valence-electron chi connectivity index (χ0n) is 15.0. The molecule has 0 aromatic carbocycles. The van der Waals surface area contributed by atoms with Gasteiger partial charge in [0.15, 0.2) is 0 Å². The molecule has 0 saturated heterocycles. The summed E-state index contributed by atoms with van der Waals surface area (Å²) in [6, 6.07) is 4.54. The van der Waals surface area contributed by atoms with Crippen molar-refractivity contribution in [3.63, 3.8) is 0 Å². The van der Waals surface area contributed by atoms with Crippen LogP contribution < -0.4 is 0 Å². The maximum absolute atomic E-state index is 2.60. The van der Waals surface area contributed by atoms with Gasteiger partial charge in [0.05, 0.1) is 0 Å². The summed E-state index contributed by atoms with van der Waals surface area (Å²) in [5, 5.41) is 0. The summed E-state index contributed by atoms with van der Waals surface area (Å²) in [4.78, 5) is 0. The molecule has 121 valence electrons. The molecule has 1 radical (unpaired) electrons. The zero-order valence-corrected chi connectivity index (χ0v) is 16.0. The SMILES string of the molecule is CCCCC[CH]CCCCCCCC[Si](C)(CC)CC. The molecule has 0 rings (SSSR count). The standard InChI is InChI=1S/C19H41Si/c1-5-8-9-10-11-12-13-14-15-16-17-18-19-20(4,6-2)7-3/h11H,5-10,12-19H2,1-4H3. The molecule has 0 bridgehead atoms. The van der Waals surface area contributed by atoms with E-state index in [1.807, 2.05) is 0 Å². The highest BCUT2D eigenvalue weighted by Crippen LogP contribution is 2.23. The summed E-state index contributed by atoms with van der Waals surface area (Å²) in [6.07, 6.45) is 18.3. The molecule has 20 heavy (non-hydrogen) atoms. The van der Waals surface area contributed by atoms with Crippen LogP contribution in [0.1, 0.15) is 91.4 Å². The molecule has 0 amide bonds. The lowest BCUT2D eigenvalue weighted by atomic mass is 10.1. The van der Waals surface area contributed by atoms with Gasteiger partial charge in [0.1, 0.15) is 0 Å². The smallest absolute Gasteiger partial charge is 0.0499 e. The first-order valence-electron chi connectivity index (χ1n) is 9.50. The average molecular weight is 298 g/mol. The first kappa shape index (κ1) is 20.2. The van der Waals surface area contributed by atoms with Gasteiger partial charge in [0.25, 0.3) is 0 Å². The van der Waals surface area contributed by atoms with Crippen molar-refractivity contribution < 1.29 is 0 Å². The van der Waals surface area contributed by atoms with Crippen molar-refractivity contribution in [2.45, 2.75) is 116 Å². The van der Waals surface area contributed by atoms with Gasteiger partial charge in [-0.1, -0.05) is 116 Å². The van der Waals surface area contributed by atoms with Crippen LogP contribution in [0.5, 0.6) is 0 Å². The minimum atomic E-state index is -0.800. The molecule has 0 heterocycles. The van der Waals surface area contributed by atoms with E-state index in [2.05, 4.69) is 33.7 Å². The Morgan fingerprint density at radius 3 is 1.70 bits per heavy atom. The van der Waals surface area contributed by atoms with Gasteiger partial charge in [-0.05, 0) is 6.42 Å². The van der Waals surface area contributed by atoms with Crippen molar-refractivity contribution in [1.29, 1.82) is 0 Å². The van der Waals surface area contributed by atoms with Crippen LogP contribution in [0.25, 0.3) is 0 Å². The monoisotopic (exact) mass is 297 g/mol. The Bertz CT molecular complexity index is 184. The van der Waals surface area contributed by atoms with Crippen LogP contribution in [0.2, 0.25) is 24.7 Å². The topological polar surface area (TPSA) is 0 Å². The van der Waals surface area contributed by atoms with Crippen LogP contribution in [0.3, 0.4) is 0 Å². The fraction of sp³-hybridized carbons (Fsp3) is 0.947. The molecule has 0 fully saturated rings. The largest absolute Gasteiger partial charge is 0.0692 e. The summed E-state index contributed by atoms with van der Waals surface area (Å²) in [5.74, 6) is 0. The van der Waals surface area contributed by atoms with Crippen LogP contribution >= 0.6 is 0 Å². The van der Waals surface area contributed by atoms with E-state index in [1.165, 1.54) is 82.7 Å². The van der Waals surface area contributed by atoms with E-state index in [-0.39, 0.29) is 0 Å². The van der Waals surface area contributed by atoms with Crippen molar-refractivity contribution in [3.8, 4) is 0 Å². The second-order valence-corrected chi connectivity index (χ2v) is 12.5. The molecule has 0 aromatic heterocycles. The molecule has 0 unspecified atom stereocenters. The molecule has 0 atom stereocenters. The molecular weight excluding hydrogens is 256 g/mol. The van der Waals surface area contributed by atoms with Gasteiger partial charge in [-0.25, -0.2) is 0 Å². The van der Waals surface area contributed by atoms with Gasteiger partial charge >= 0.3 is 0 Å². The predicted molar refractivity (Wildman–Crippen MR) is 98.1 cm³/mol. The third-order valence-corrected chi connectivity index (χ3v) is 10.1. The maximum Gasteiger partial charge on any atom is 0.0499 e. The second kappa shape index (κ2) is 14.2. The number of unbranched alkanes of at least 4 members (excludes halogenated alkanes) is 11. The van der Waals surface area contributed by atoms with Crippen molar-refractivity contribution in [2.75, 3.05) is 0 Å². The Hall–Kier alpha value is 0.217. The maximum atomic E-state index is 2.60. The Labute approximate surface area is 131 Å². The van der Waals surface area contributed by atoms with Crippen LogP contribution in [0.4, 0.5) is 0 Å². The summed E-state index contributed by atoms with van der Waals surface area (Å²) in [7, 11) is -0.800. The first-order valence-corrected chi connectivity index (χ1v) is 12.6. The fourth-order valence-corrected chi connectivity index (χ4v) is 5.14. The minimum Gasteiger partial charge on any atom is -0.0692 e. The molecule has 0 N–H and O–H groups in total. The van der Waals surface area contributed by atoms with Crippen LogP contribution in [-0.4, -0.2) is 8.07 Å². The Balaban J connectivity index is 3.17. The molecular formula is C19H41Si. The Morgan fingerprint density at radius 2 is 1.15 bits per heavy atom. The molecule has 0 aromatic rings. The predicted octanol–water partition coefficient (Wildman–Crippen LogP) is 7.62. The Kier molecular flexibility index (Phi) is 14.3. The van der Waals surface area contributed by atoms with Gasteiger partial charge < -0.3 is 0 Å². The van der Waals surface area contributed by atoms with E-state index in [4.69, 9.17) is 0 Å². The average Bonchev–Trinajstić information content (AvgIpc) is 2.48. The van der Waals surface area contributed by atoms with Crippen molar-refractivity contribution >= 4 is 8.07 Å².